The van der Waals surface area contributed by atoms with Crippen molar-refractivity contribution in [3.63, 3.8) is 0 Å². The molecule has 10 heteroatoms. The average molecular weight is 411 g/mol. The van der Waals surface area contributed by atoms with Gasteiger partial charge in [-0.15, -0.1) is 5.10 Å². The Labute approximate surface area is 173 Å². The highest BCUT2D eigenvalue weighted by Crippen LogP contribution is 2.37. The Morgan fingerprint density at radius 2 is 1.97 bits per heavy atom. The van der Waals surface area contributed by atoms with Crippen LogP contribution in [0.15, 0.2) is 22.7 Å². The minimum absolute atomic E-state index is 0.142. The molecule has 0 radical (unpaired) electrons. The number of tetrazole rings is 1. The SMILES string of the molecule is Cc1cccc(C)c1-n1nnnc1[C@@H]1CC[C@@H](CO)N1C(=O)Nc1c(C)noc1C. The first kappa shape index (κ1) is 20.0. The standard InChI is InChI=1S/C20H25N7O3/c1-11-6-5-7-12(2)18(11)27-19(22-24-25-27)16-9-8-15(10-28)26(16)20(29)21-17-13(3)23-30-14(17)4/h5-7,15-16,28H,8-10H2,1-4H3,(H,21,29)/t15-,16-/m0/s1. The third-order valence-corrected chi connectivity index (χ3v) is 5.66. The van der Waals surface area contributed by atoms with Gasteiger partial charge >= 0.3 is 6.03 Å². The van der Waals surface area contributed by atoms with Crippen LogP contribution in [0.3, 0.4) is 0 Å². The molecule has 1 aliphatic heterocycles. The molecule has 1 saturated heterocycles. The monoisotopic (exact) mass is 411 g/mol. The largest absolute Gasteiger partial charge is 0.394 e. The highest BCUT2D eigenvalue weighted by atomic mass is 16.5. The summed E-state index contributed by atoms with van der Waals surface area (Å²) in [5.41, 5.74) is 4.10. The Morgan fingerprint density at radius 3 is 2.60 bits per heavy atom. The number of aromatic nitrogens is 5. The van der Waals surface area contributed by atoms with Gasteiger partial charge in [0.1, 0.15) is 11.4 Å². The minimum atomic E-state index is -0.378. The second kappa shape index (κ2) is 7.86. The van der Waals surface area contributed by atoms with Gasteiger partial charge in [-0.25, -0.2) is 4.79 Å². The summed E-state index contributed by atoms with van der Waals surface area (Å²) < 4.78 is 6.84. The number of para-hydroxylation sites is 1. The van der Waals surface area contributed by atoms with Crippen molar-refractivity contribution in [3.05, 3.63) is 46.6 Å². The van der Waals surface area contributed by atoms with E-state index in [1.165, 1.54) is 0 Å². The van der Waals surface area contributed by atoms with Crippen LogP contribution in [0.25, 0.3) is 5.69 Å². The normalized spacial score (nSPS) is 18.8. The van der Waals surface area contributed by atoms with Gasteiger partial charge in [0.25, 0.3) is 0 Å². The lowest BCUT2D eigenvalue weighted by atomic mass is 10.1. The number of hydrogen-bond acceptors (Lipinski definition) is 7. The number of amides is 2. The Kier molecular flexibility index (Phi) is 5.25. The Bertz CT molecular complexity index is 1030. The first-order valence-electron chi connectivity index (χ1n) is 9.90. The van der Waals surface area contributed by atoms with E-state index in [-0.39, 0.29) is 24.7 Å². The Morgan fingerprint density at radius 1 is 1.23 bits per heavy atom. The van der Waals surface area contributed by atoms with E-state index in [0.717, 1.165) is 16.8 Å². The van der Waals surface area contributed by atoms with Gasteiger partial charge < -0.3 is 19.8 Å². The maximum atomic E-state index is 13.2. The van der Waals surface area contributed by atoms with E-state index in [1.54, 1.807) is 23.4 Å². The first-order valence-corrected chi connectivity index (χ1v) is 9.90. The zero-order chi connectivity index (χ0) is 21.4. The molecule has 1 fully saturated rings. The second-order valence-electron chi connectivity index (χ2n) is 7.66. The van der Waals surface area contributed by atoms with Crippen LogP contribution < -0.4 is 5.32 Å². The van der Waals surface area contributed by atoms with Crippen LogP contribution in [0, 0.1) is 27.7 Å². The van der Waals surface area contributed by atoms with Crippen molar-refractivity contribution < 1.29 is 14.4 Å². The molecule has 1 aromatic carbocycles. The van der Waals surface area contributed by atoms with Gasteiger partial charge in [0.15, 0.2) is 11.6 Å². The number of benzene rings is 1. The van der Waals surface area contributed by atoms with Crippen molar-refractivity contribution in [2.75, 3.05) is 11.9 Å². The topological polar surface area (TPSA) is 122 Å². The summed E-state index contributed by atoms with van der Waals surface area (Å²) in [6.07, 6.45) is 1.29. The number of hydrogen-bond donors (Lipinski definition) is 2. The lowest BCUT2D eigenvalue weighted by Crippen LogP contribution is -2.42. The third-order valence-electron chi connectivity index (χ3n) is 5.66. The summed E-state index contributed by atoms with van der Waals surface area (Å²) >= 11 is 0. The lowest BCUT2D eigenvalue weighted by Gasteiger charge is -2.29. The number of aliphatic hydroxyl groups is 1. The zero-order valence-corrected chi connectivity index (χ0v) is 17.5. The number of carbonyl (C=O) groups excluding carboxylic acids is 1. The molecule has 4 rings (SSSR count). The van der Waals surface area contributed by atoms with Crippen molar-refractivity contribution in [1.82, 2.24) is 30.3 Å². The van der Waals surface area contributed by atoms with E-state index < -0.39 is 0 Å². The molecule has 1 aliphatic rings. The van der Waals surface area contributed by atoms with Crippen LogP contribution in [0.1, 0.15) is 47.3 Å². The Hall–Kier alpha value is -3.27. The summed E-state index contributed by atoms with van der Waals surface area (Å²) in [6, 6.07) is 4.93. The molecule has 3 aromatic rings. The van der Waals surface area contributed by atoms with Crippen molar-refractivity contribution in [3.8, 4) is 5.69 Å². The summed E-state index contributed by atoms with van der Waals surface area (Å²) in [7, 11) is 0. The van der Waals surface area contributed by atoms with Crippen molar-refractivity contribution >= 4 is 11.7 Å². The maximum Gasteiger partial charge on any atom is 0.322 e. The smallest absolute Gasteiger partial charge is 0.322 e. The highest BCUT2D eigenvalue weighted by Gasteiger charge is 2.41. The van der Waals surface area contributed by atoms with E-state index in [4.69, 9.17) is 4.52 Å². The molecule has 3 heterocycles. The molecular formula is C20H25N7O3. The number of rotatable bonds is 4. The summed E-state index contributed by atoms with van der Waals surface area (Å²) in [5.74, 6) is 1.09. The summed E-state index contributed by atoms with van der Waals surface area (Å²) in [5, 5.41) is 29.0. The fraction of sp³-hybridized carbons (Fsp3) is 0.450. The van der Waals surface area contributed by atoms with Crippen LogP contribution in [-0.4, -0.2) is 54.1 Å². The van der Waals surface area contributed by atoms with Crippen molar-refractivity contribution in [1.29, 1.82) is 0 Å². The van der Waals surface area contributed by atoms with Crippen LogP contribution in [-0.2, 0) is 0 Å². The molecule has 2 amide bonds. The number of nitrogens with one attached hydrogen (secondary N) is 1. The average Bonchev–Trinajstić information content (AvgIpc) is 3.42. The van der Waals surface area contributed by atoms with E-state index in [2.05, 4.69) is 26.0 Å². The summed E-state index contributed by atoms with van der Waals surface area (Å²) in [4.78, 5) is 14.9. The molecule has 0 saturated carbocycles. The Balaban J connectivity index is 1.71. The van der Waals surface area contributed by atoms with Gasteiger partial charge in [-0.3, -0.25) is 0 Å². The fourth-order valence-corrected chi connectivity index (χ4v) is 4.16. The maximum absolute atomic E-state index is 13.2. The van der Waals surface area contributed by atoms with E-state index in [0.29, 0.717) is 35.8 Å². The van der Waals surface area contributed by atoms with E-state index in [9.17, 15) is 9.90 Å². The van der Waals surface area contributed by atoms with Gasteiger partial charge in [-0.1, -0.05) is 23.4 Å². The fourth-order valence-electron chi connectivity index (χ4n) is 4.16. The van der Waals surface area contributed by atoms with Gasteiger partial charge in [-0.05, 0) is 62.1 Å². The molecule has 0 bridgehead atoms. The van der Waals surface area contributed by atoms with Crippen LogP contribution in [0.2, 0.25) is 0 Å². The molecule has 158 valence electrons. The van der Waals surface area contributed by atoms with Gasteiger partial charge in [-0.2, -0.15) is 4.68 Å². The number of aryl methyl sites for hydroxylation is 4. The number of nitrogens with zero attached hydrogens (tertiary/aromatic N) is 6. The van der Waals surface area contributed by atoms with Crippen molar-refractivity contribution in [2.24, 2.45) is 0 Å². The lowest BCUT2D eigenvalue weighted by molar-refractivity contribution is 0.144. The van der Waals surface area contributed by atoms with Gasteiger partial charge in [0.2, 0.25) is 0 Å². The molecule has 0 spiro atoms. The predicted molar refractivity (Wildman–Crippen MR) is 108 cm³/mol. The quantitative estimate of drug-likeness (QED) is 0.676. The second-order valence-corrected chi connectivity index (χ2v) is 7.66. The molecule has 30 heavy (non-hydrogen) atoms. The molecule has 0 unspecified atom stereocenters. The van der Waals surface area contributed by atoms with Gasteiger partial charge in [0, 0.05) is 0 Å². The van der Waals surface area contributed by atoms with E-state index in [1.807, 2.05) is 32.0 Å². The van der Waals surface area contributed by atoms with Crippen molar-refractivity contribution in [2.45, 2.75) is 52.6 Å². The summed E-state index contributed by atoms with van der Waals surface area (Å²) in [6.45, 7) is 7.36. The molecule has 2 aromatic heterocycles. The highest BCUT2D eigenvalue weighted by molar-refractivity contribution is 5.91. The number of carbonyl (C=O) groups is 1. The van der Waals surface area contributed by atoms with E-state index >= 15 is 0 Å². The van der Waals surface area contributed by atoms with Gasteiger partial charge in [0.05, 0.1) is 24.4 Å². The molecular weight excluding hydrogens is 386 g/mol. The molecule has 2 N–H and O–H groups in total. The van der Waals surface area contributed by atoms with Crippen LogP contribution in [0.4, 0.5) is 10.5 Å². The first-order chi connectivity index (χ1) is 14.4. The molecule has 2 atom stereocenters. The molecule has 0 aliphatic carbocycles. The number of urea groups is 1. The number of anilines is 1. The van der Waals surface area contributed by atoms with Crippen LogP contribution >= 0.6 is 0 Å². The predicted octanol–water partition coefficient (Wildman–Crippen LogP) is 2.61. The zero-order valence-electron chi connectivity index (χ0n) is 17.5. The van der Waals surface area contributed by atoms with Crippen LogP contribution in [0.5, 0.6) is 0 Å². The third kappa shape index (κ3) is 3.32. The number of aliphatic hydroxyl groups excluding tert-OH is 1. The molecule has 10 nitrogen and oxygen atoms in total. The minimum Gasteiger partial charge on any atom is -0.394 e. The number of likely N-dealkylation sites (tertiary alicyclic amines) is 1.